The number of carbonyl (C=O) groups excluding carboxylic acids is 1. The molecule has 2 aromatic rings. The summed E-state index contributed by atoms with van der Waals surface area (Å²) in [6, 6.07) is 11.7. The Morgan fingerprint density at radius 2 is 1.64 bits per heavy atom. The Bertz CT molecular complexity index is 1030. The molecule has 33 heavy (non-hydrogen) atoms. The van der Waals surface area contributed by atoms with Gasteiger partial charge in [-0.2, -0.15) is 0 Å². The Hall–Kier alpha value is -2.74. The number of sulfonamides is 1. The molecule has 1 amide bonds. The fraction of sp³-hybridized carbons (Fsp3) is 0.480. The van der Waals surface area contributed by atoms with Crippen LogP contribution in [-0.4, -0.2) is 46.5 Å². The Labute approximate surface area is 198 Å². The van der Waals surface area contributed by atoms with Gasteiger partial charge in [-0.25, -0.2) is 8.42 Å². The van der Waals surface area contributed by atoms with Gasteiger partial charge in [0, 0.05) is 44.0 Å². The number of nitrogens with one attached hydrogen (secondary N) is 1. The number of rotatable bonds is 11. The van der Waals surface area contributed by atoms with E-state index in [1.54, 1.807) is 18.2 Å². The standard InChI is InChI=1S/C25H37N3O4S/c1-8-19(9-2)25(29)28(18(3)4)17-20-16-21(10-15-24(20)27(5)6)26-33(30,31)23-13-11-22(32-7)12-14-23/h10-16,18-19,26H,8-9,17H2,1-7H3. The predicted octanol–water partition coefficient (Wildman–Crippen LogP) is 4.74. The van der Waals surface area contributed by atoms with Crippen molar-refractivity contribution in [1.29, 1.82) is 0 Å². The molecular weight excluding hydrogens is 438 g/mol. The summed E-state index contributed by atoms with van der Waals surface area (Å²) in [7, 11) is 1.63. The summed E-state index contributed by atoms with van der Waals surface area (Å²) in [5.74, 6) is 0.693. The number of hydrogen-bond donors (Lipinski definition) is 1. The van der Waals surface area contributed by atoms with Crippen LogP contribution in [0, 0.1) is 5.92 Å². The van der Waals surface area contributed by atoms with E-state index in [0.717, 1.165) is 24.1 Å². The van der Waals surface area contributed by atoms with Crippen LogP contribution >= 0.6 is 0 Å². The van der Waals surface area contributed by atoms with Crippen molar-refractivity contribution in [3.8, 4) is 5.75 Å². The summed E-state index contributed by atoms with van der Waals surface area (Å²) in [5, 5.41) is 0. The van der Waals surface area contributed by atoms with Gasteiger partial charge in [0.15, 0.2) is 0 Å². The predicted molar refractivity (Wildman–Crippen MR) is 134 cm³/mol. The summed E-state index contributed by atoms with van der Waals surface area (Å²) < 4.78 is 33.6. The molecule has 0 bridgehead atoms. The highest BCUT2D eigenvalue weighted by molar-refractivity contribution is 7.92. The topological polar surface area (TPSA) is 79.0 Å². The Morgan fingerprint density at radius 3 is 2.12 bits per heavy atom. The molecule has 1 N–H and O–H groups in total. The number of methoxy groups -OCH3 is 1. The molecule has 0 fully saturated rings. The molecule has 0 heterocycles. The largest absolute Gasteiger partial charge is 0.497 e. The first-order valence-electron chi connectivity index (χ1n) is 11.3. The van der Waals surface area contributed by atoms with Crippen molar-refractivity contribution in [2.45, 2.75) is 58.0 Å². The highest BCUT2D eigenvalue weighted by Gasteiger charge is 2.25. The second-order valence-corrected chi connectivity index (χ2v) is 10.3. The fourth-order valence-corrected chi connectivity index (χ4v) is 4.80. The van der Waals surface area contributed by atoms with E-state index >= 15 is 0 Å². The van der Waals surface area contributed by atoms with E-state index in [1.807, 2.05) is 63.7 Å². The minimum Gasteiger partial charge on any atom is -0.497 e. The quantitative estimate of drug-likeness (QED) is 0.508. The average molecular weight is 476 g/mol. The normalized spacial score (nSPS) is 11.5. The summed E-state index contributed by atoms with van der Waals surface area (Å²) in [6.07, 6.45) is 1.58. The van der Waals surface area contributed by atoms with E-state index in [4.69, 9.17) is 4.74 Å². The molecule has 0 aliphatic heterocycles. The Morgan fingerprint density at radius 1 is 1.03 bits per heavy atom. The van der Waals surface area contributed by atoms with E-state index in [-0.39, 0.29) is 22.8 Å². The SMILES string of the molecule is CCC(CC)C(=O)N(Cc1cc(NS(=O)(=O)c2ccc(OC)cc2)ccc1N(C)C)C(C)C. The molecule has 0 aromatic heterocycles. The van der Waals surface area contributed by atoms with Gasteiger partial charge in [0.25, 0.3) is 10.0 Å². The Kier molecular flexibility index (Phi) is 9.16. The second-order valence-electron chi connectivity index (χ2n) is 8.59. The van der Waals surface area contributed by atoms with Gasteiger partial charge in [0.05, 0.1) is 12.0 Å². The average Bonchev–Trinajstić information content (AvgIpc) is 2.77. The molecule has 0 spiro atoms. The van der Waals surface area contributed by atoms with E-state index < -0.39 is 10.0 Å². The molecule has 0 aliphatic carbocycles. The van der Waals surface area contributed by atoms with Gasteiger partial charge in [0.1, 0.15) is 5.75 Å². The van der Waals surface area contributed by atoms with Gasteiger partial charge in [-0.1, -0.05) is 13.8 Å². The smallest absolute Gasteiger partial charge is 0.261 e. The number of carbonyl (C=O) groups is 1. The summed E-state index contributed by atoms with van der Waals surface area (Å²) >= 11 is 0. The van der Waals surface area contributed by atoms with Crippen LogP contribution in [0.15, 0.2) is 47.4 Å². The van der Waals surface area contributed by atoms with Crippen molar-refractivity contribution in [3.05, 3.63) is 48.0 Å². The monoisotopic (exact) mass is 475 g/mol. The van der Waals surface area contributed by atoms with Crippen molar-refractivity contribution in [2.24, 2.45) is 5.92 Å². The van der Waals surface area contributed by atoms with Crippen LogP contribution < -0.4 is 14.4 Å². The first kappa shape index (κ1) is 26.5. The zero-order chi connectivity index (χ0) is 24.8. The molecule has 0 radical (unpaired) electrons. The molecule has 2 rings (SSSR count). The van der Waals surface area contributed by atoms with Crippen LogP contribution in [0.1, 0.15) is 46.1 Å². The first-order chi connectivity index (χ1) is 15.5. The van der Waals surface area contributed by atoms with E-state index in [9.17, 15) is 13.2 Å². The van der Waals surface area contributed by atoms with E-state index in [0.29, 0.717) is 18.0 Å². The maximum atomic E-state index is 13.2. The van der Waals surface area contributed by atoms with Crippen LogP contribution in [0.25, 0.3) is 0 Å². The molecule has 182 valence electrons. The molecule has 2 aromatic carbocycles. The van der Waals surface area contributed by atoms with E-state index in [2.05, 4.69) is 4.72 Å². The third-order valence-electron chi connectivity index (χ3n) is 5.77. The molecule has 8 heteroatoms. The van der Waals surface area contributed by atoms with Gasteiger partial charge in [0.2, 0.25) is 5.91 Å². The summed E-state index contributed by atoms with van der Waals surface area (Å²) in [4.78, 5) is 17.2. The fourth-order valence-electron chi connectivity index (χ4n) is 3.75. The summed E-state index contributed by atoms with van der Waals surface area (Å²) in [6.45, 7) is 8.48. The highest BCUT2D eigenvalue weighted by atomic mass is 32.2. The number of amides is 1. The van der Waals surface area contributed by atoms with E-state index in [1.165, 1.54) is 19.2 Å². The molecular formula is C25H37N3O4S. The maximum absolute atomic E-state index is 13.2. The number of hydrogen-bond acceptors (Lipinski definition) is 5. The lowest BCUT2D eigenvalue weighted by molar-refractivity contribution is -0.138. The molecule has 0 aliphatic rings. The molecule has 0 saturated heterocycles. The minimum absolute atomic E-state index is 0.0211. The van der Waals surface area contributed by atoms with Gasteiger partial charge in [-0.3, -0.25) is 9.52 Å². The second kappa shape index (κ2) is 11.4. The van der Waals surface area contributed by atoms with Crippen molar-refractivity contribution >= 4 is 27.3 Å². The number of nitrogens with zero attached hydrogens (tertiary/aromatic N) is 2. The van der Waals surface area contributed by atoms with Crippen molar-refractivity contribution < 1.29 is 17.9 Å². The van der Waals surface area contributed by atoms with Gasteiger partial charge < -0.3 is 14.5 Å². The number of benzene rings is 2. The zero-order valence-corrected chi connectivity index (χ0v) is 21.6. The number of anilines is 2. The van der Waals surface area contributed by atoms with Crippen LogP contribution in [0.4, 0.5) is 11.4 Å². The van der Waals surface area contributed by atoms with Crippen LogP contribution in [-0.2, 0) is 21.4 Å². The zero-order valence-electron chi connectivity index (χ0n) is 20.8. The van der Waals surface area contributed by atoms with Crippen molar-refractivity contribution in [1.82, 2.24) is 4.90 Å². The molecule has 0 atom stereocenters. The molecule has 0 unspecified atom stereocenters. The molecule has 7 nitrogen and oxygen atoms in total. The van der Waals surface area contributed by atoms with Gasteiger partial charge in [-0.05, 0) is 74.7 Å². The van der Waals surface area contributed by atoms with Crippen molar-refractivity contribution in [3.63, 3.8) is 0 Å². The number of ether oxygens (including phenoxy) is 1. The first-order valence-corrected chi connectivity index (χ1v) is 12.8. The lowest BCUT2D eigenvalue weighted by atomic mass is 10.00. The third-order valence-corrected chi connectivity index (χ3v) is 7.16. The van der Waals surface area contributed by atoms with Crippen LogP contribution in [0.5, 0.6) is 5.75 Å². The molecule has 0 saturated carbocycles. The van der Waals surface area contributed by atoms with Gasteiger partial charge in [-0.15, -0.1) is 0 Å². The maximum Gasteiger partial charge on any atom is 0.261 e. The van der Waals surface area contributed by atoms with Gasteiger partial charge >= 0.3 is 0 Å². The highest BCUT2D eigenvalue weighted by Crippen LogP contribution is 2.28. The van der Waals surface area contributed by atoms with Crippen molar-refractivity contribution in [2.75, 3.05) is 30.8 Å². The minimum atomic E-state index is -3.77. The third kappa shape index (κ3) is 6.63. The lowest BCUT2D eigenvalue weighted by Crippen LogP contribution is -2.40. The van der Waals surface area contributed by atoms with Crippen LogP contribution in [0.3, 0.4) is 0 Å². The lowest BCUT2D eigenvalue weighted by Gasteiger charge is -2.32. The Balaban J connectivity index is 2.39. The summed E-state index contributed by atoms with van der Waals surface area (Å²) in [5.41, 5.74) is 2.26. The van der Waals surface area contributed by atoms with Crippen LogP contribution in [0.2, 0.25) is 0 Å².